The van der Waals surface area contributed by atoms with E-state index < -0.39 is 0 Å². The van der Waals surface area contributed by atoms with Gasteiger partial charge < -0.3 is 10.1 Å². The van der Waals surface area contributed by atoms with Crippen LogP contribution in [-0.4, -0.2) is 18.2 Å². The molecule has 2 heteroatoms. The predicted molar refractivity (Wildman–Crippen MR) is 78.2 cm³/mol. The molecule has 0 aromatic heterocycles. The third-order valence-corrected chi connectivity index (χ3v) is 4.78. The van der Waals surface area contributed by atoms with E-state index in [1.54, 1.807) is 0 Å². The van der Waals surface area contributed by atoms with E-state index in [-0.39, 0.29) is 5.60 Å². The summed E-state index contributed by atoms with van der Waals surface area (Å²) in [5.74, 6) is 0. The van der Waals surface area contributed by atoms with Gasteiger partial charge in [0.05, 0.1) is 5.60 Å². The summed E-state index contributed by atoms with van der Waals surface area (Å²) in [7, 11) is 0. The van der Waals surface area contributed by atoms with Crippen LogP contribution in [0.1, 0.15) is 50.2 Å². The molecule has 0 bridgehead atoms. The lowest BCUT2D eigenvalue weighted by Crippen LogP contribution is -2.50. The molecule has 2 nitrogen and oxygen atoms in total. The number of rotatable bonds is 4. The van der Waals surface area contributed by atoms with Crippen molar-refractivity contribution in [3.8, 4) is 0 Å². The summed E-state index contributed by atoms with van der Waals surface area (Å²) in [6, 6.07) is 9.64. The molecule has 1 atom stereocenters. The van der Waals surface area contributed by atoms with Crippen molar-refractivity contribution < 1.29 is 4.74 Å². The van der Waals surface area contributed by atoms with Gasteiger partial charge in [-0.15, -0.1) is 0 Å². The van der Waals surface area contributed by atoms with Crippen molar-refractivity contribution in [1.29, 1.82) is 0 Å². The highest BCUT2D eigenvalue weighted by Crippen LogP contribution is 2.42. The Kier molecular flexibility index (Phi) is 3.90. The van der Waals surface area contributed by atoms with Crippen LogP contribution in [0.25, 0.3) is 0 Å². The second-order valence-corrected chi connectivity index (χ2v) is 6.13. The van der Waals surface area contributed by atoms with E-state index in [9.17, 15) is 0 Å². The molecule has 1 aromatic rings. The fourth-order valence-electron chi connectivity index (χ4n) is 3.28. The SMILES string of the molecule is CCc1ccc(CNC2CCOC3(CCC3)C2)cc1. The second-order valence-electron chi connectivity index (χ2n) is 6.13. The van der Waals surface area contributed by atoms with Gasteiger partial charge in [-0.05, 0) is 49.7 Å². The molecule has 1 spiro atoms. The molecule has 1 aliphatic carbocycles. The van der Waals surface area contributed by atoms with E-state index in [1.807, 2.05) is 0 Å². The van der Waals surface area contributed by atoms with Gasteiger partial charge >= 0.3 is 0 Å². The Hall–Kier alpha value is -0.860. The van der Waals surface area contributed by atoms with Crippen LogP contribution in [0.15, 0.2) is 24.3 Å². The lowest BCUT2D eigenvalue weighted by Gasteiger charge is -2.47. The van der Waals surface area contributed by atoms with Crippen LogP contribution in [0, 0.1) is 0 Å². The minimum absolute atomic E-state index is 0.252. The number of hydrogen-bond acceptors (Lipinski definition) is 2. The number of benzene rings is 1. The third-order valence-electron chi connectivity index (χ3n) is 4.78. The van der Waals surface area contributed by atoms with Gasteiger partial charge in [-0.25, -0.2) is 0 Å². The van der Waals surface area contributed by atoms with Crippen molar-refractivity contribution in [2.24, 2.45) is 0 Å². The maximum absolute atomic E-state index is 5.97. The van der Waals surface area contributed by atoms with E-state index in [0.29, 0.717) is 6.04 Å². The summed E-state index contributed by atoms with van der Waals surface area (Å²) < 4.78 is 5.97. The first-order chi connectivity index (χ1) is 9.30. The van der Waals surface area contributed by atoms with Crippen molar-refractivity contribution in [2.75, 3.05) is 6.61 Å². The molecular weight excluding hydrogens is 234 g/mol. The molecule has 104 valence electrons. The van der Waals surface area contributed by atoms with Gasteiger partial charge in [0, 0.05) is 19.2 Å². The third kappa shape index (κ3) is 3.01. The molecule has 1 aliphatic heterocycles. The minimum atomic E-state index is 0.252. The Morgan fingerprint density at radius 2 is 1.95 bits per heavy atom. The van der Waals surface area contributed by atoms with Gasteiger partial charge in [-0.3, -0.25) is 0 Å². The molecule has 1 N–H and O–H groups in total. The summed E-state index contributed by atoms with van der Waals surface area (Å²) in [5.41, 5.74) is 3.07. The molecule has 19 heavy (non-hydrogen) atoms. The van der Waals surface area contributed by atoms with Gasteiger partial charge in [0.15, 0.2) is 0 Å². The first kappa shape index (κ1) is 13.1. The maximum atomic E-state index is 5.97. The number of ether oxygens (including phenoxy) is 1. The van der Waals surface area contributed by atoms with Gasteiger partial charge in [0.2, 0.25) is 0 Å². The van der Waals surface area contributed by atoms with Crippen molar-refractivity contribution in [3.05, 3.63) is 35.4 Å². The maximum Gasteiger partial charge on any atom is 0.0697 e. The lowest BCUT2D eigenvalue weighted by molar-refractivity contribution is -0.135. The summed E-state index contributed by atoms with van der Waals surface area (Å²) in [6.07, 6.45) is 7.39. The highest BCUT2D eigenvalue weighted by molar-refractivity contribution is 5.22. The van der Waals surface area contributed by atoms with Crippen molar-refractivity contribution in [1.82, 2.24) is 5.32 Å². The van der Waals surface area contributed by atoms with Crippen LogP contribution >= 0.6 is 0 Å². The minimum Gasteiger partial charge on any atom is -0.375 e. The smallest absolute Gasteiger partial charge is 0.0697 e. The molecule has 1 saturated carbocycles. The number of aryl methyl sites for hydroxylation is 1. The Morgan fingerprint density at radius 1 is 1.21 bits per heavy atom. The van der Waals surface area contributed by atoms with Gasteiger partial charge in [-0.2, -0.15) is 0 Å². The van der Waals surface area contributed by atoms with E-state index in [2.05, 4.69) is 36.5 Å². The van der Waals surface area contributed by atoms with Crippen LogP contribution in [0.4, 0.5) is 0 Å². The van der Waals surface area contributed by atoms with Crippen molar-refractivity contribution >= 4 is 0 Å². The van der Waals surface area contributed by atoms with E-state index in [4.69, 9.17) is 4.74 Å². The normalized spacial score (nSPS) is 25.2. The first-order valence-corrected chi connectivity index (χ1v) is 7.75. The van der Waals surface area contributed by atoms with Crippen LogP contribution < -0.4 is 5.32 Å². The summed E-state index contributed by atoms with van der Waals surface area (Å²) in [4.78, 5) is 0. The lowest BCUT2D eigenvalue weighted by atomic mass is 9.74. The standard InChI is InChI=1S/C17H25NO/c1-2-14-4-6-15(7-5-14)13-18-16-8-11-19-17(12-16)9-3-10-17/h4-7,16,18H,2-3,8-13H2,1H3. The first-order valence-electron chi connectivity index (χ1n) is 7.75. The average molecular weight is 259 g/mol. The number of hydrogen-bond donors (Lipinski definition) is 1. The molecule has 1 unspecified atom stereocenters. The molecule has 2 aliphatic rings. The zero-order chi connectivity index (χ0) is 13.1. The zero-order valence-electron chi connectivity index (χ0n) is 12.0. The monoisotopic (exact) mass is 259 g/mol. The Labute approximate surface area is 116 Å². The largest absolute Gasteiger partial charge is 0.375 e. The van der Waals surface area contributed by atoms with E-state index >= 15 is 0 Å². The Balaban J connectivity index is 1.50. The molecule has 1 aromatic carbocycles. The highest BCUT2D eigenvalue weighted by Gasteiger charge is 2.42. The van der Waals surface area contributed by atoms with Crippen LogP contribution in [-0.2, 0) is 17.7 Å². The zero-order valence-corrected chi connectivity index (χ0v) is 12.0. The molecule has 0 radical (unpaired) electrons. The Morgan fingerprint density at radius 3 is 2.58 bits per heavy atom. The summed E-state index contributed by atoms with van der Waals surface area (Å²) in [5, 5.41) is 3.72. The highest BCUT2D eigenvalue weighted by atomic mass is 16.5. The van der Waals surface area contributed by atoms with Gasteiger partial charge in [0.1, 0.15) is 0 Å². The predicted octanol–water partition coefficient (Wildman–Crippen LogP) is 3.44. The fraction of sp³-hybridized carbons (Fsp3) is 0.647. The van der Waals surface area contributed by atoms with E-state index in [1.165, 1.54) is 36.8 Å². The van der Waals surface area contributed by atoms with Crippen LogP contribution in [0.3, 0.4) is 0 Å². The second kappa shape index (κ2) is 5.64. The molecule has 2 fully saturated rings. The molecular formula is C17H25NO. The fourth-order valence-corrected chi connectivity index (χ4v) is 3.28. The van der Waals surface area contributed by atoms with Crippen molar-refractivity contribution in [3.63, 3.8) is 0 Å². The number of nitrogens with one attached hydrogen (secondary N) is 1. The molecule has 0 amide bonds. The average Bonchev–Trinajstić information content (AvgIpc) is 2.44. The molecule has 1 saturated heterocycles. The van der Waals surface area contributed by atoms with Crippen LogP contribution in [0.2, 0.25) is 0 Å². The topological polar surface area (TPSA) is 21.3 Å². The van der Waals surface area contributed by atoms with Crippen molar-refractivity contribution in [2.45, 2.75) is 63.6 Å². The quantitative estimate of drug-likeness (QED) is 0.894. The summed E-state index contributed by atoms with van der Waals surface area (Å²) in [6.45, 7) is 4.13. The van der Waals surface area contributed by atoms with Crippen LogP contribution in [0.5, 0.6) is 0 Å². The Bertz CT molecular complexity index is 408. The van der Waals surface area contributed by atoms with Gasteiger partial charge in [0.25, 0.3) is 0 Å². The van der Waals surface area contributed by atoms with Gasteiger partial charge in [-0.1, -0.05) is 31.2 Å². The molecule has 1 heterocycles. The molecule has 3 rings (SSSR count). The summed E-state index contributed by atoms with van der Waals surface area (Å²) >= 11 is 0. The van der Waals surface area contributed by atoms with E-state index in [0.717, 1.165) is 26.0 Å².